The van der Waals surface area contributed by atoms with Crippen LogP contribution in [0.4, 0.5) is 0 Å². The first-order valence-electron chi connectivity index (χ1n) is 10.0. The summed E-state index contributed by atoms with van der Waals surface area (Å²) in [6, 6.07) is 16.8. The second-order valence-corrected chi connectivity index (χ2v) is 8.12. The minimum atomic E-state index is 0.267. The summed E-state index contributed by atoms with van der Waals surface area (Å²) in [4.78, 5) is 10.1. The Morgan fingerprint density at radius 1 is 1.04 bits per heavy atom. The van der Waals surface area contributed by atoms with E-state index in [0.717, 1.165) is 52.7 Å². The topological polar surface area (TPSA) is 30.2 Å². The molecule has 1 atom stereocenters. The van der Waals surface area contributed by atoms with Crippen molar-refractivity contribution in [3.63, 3.8) is 0 Å². The Morgan fingerprint density at radius 3 is 2.63 bits per heavy atom. The molecule has 0 bridgehead atoms. The molecule has 3 nitrogen and oxygen atoms in total. The highest BCUT2D eigenvalue weighted by atomic mass is 15.1. The lowest BCUT2D eigenvalue weighted by Crippen LogP contribution is -2.28. The van der Waals surface area contributed by atoms with Gasteiger partial charge in [-0.05, 0) is 61.8 Å². The predicted molar refractivity (Wildman–Crippen MR) is 112 cm³/mol. The van der Waals surface area contributed by atoms with Crippen LogP contribution in [0.5, 0.6) is 0 Å². The van der Waals surface area contributed by atoms with Gasteiger partial charge in [0.25, 0.3) is 0 Å². The van der Waals surface area contributed by atoms with Crippen molar-refractivity contribution < 1.29 is 0 Å². The van der Waals surface area contributed by atoms with E-state index in [4.69, 9.17) is 9.97 Å². The molecule has 1 aliphatic carbocycles. The second-order valence-electron chi connectivity index (χ2n) is 8.12. The fraction of sp³-hybridized carbons (Fsp3) is 0.333. The van der Waals surface area contributed by atoms with Crippen molar-refractivity contribution in [1.29, 1.82) is 0 Å². The van der Waals surface area contributed by atoms with Crippen LogP contribution in [0.2, 0.25) is 0 Å². The van der Waals surface area contributed by atoms with Gasteiger partial charge in [0.2, 0.25) is 0 Å². The fourth-order valence-electron chi connectivity index (χ4n) is 4.87. The number of fused-ring (bicyclic) bond motifs is 5. The van der Waals surface area contributed by atoms with Crippen molar-refractivity contribution in [3.05, 3.63) is 66.5 Å². The van der Waals surface area contributed by atoms with Gasteiger partial charge in [-0.3, -0.25) is 4.40 Å². The number of benzene rings is 2. The van der Waals surface area contributed by atoms with E-state index in [-0.39, 0.29) is 5.41 Å². The van der Waals surface area contributed by atoms with Crippen molar-refractivity contribution >= 4 is 27.6 Å². The molecule has 27 heavy (non-hydrogen) atoms. The lowest BCUT2D eigenvalue weighted by Gasteiger charge is -2.37. The van der Waals surface area contributed by atoms with Gasteiger partial charge in [0.1, 0.15) is 11.5 Å². The lowest BCUT2D eigenvalue weighted by atomic mass is 9.68. The predicted octanol–water partition coefficient (Wildman–Crippen LogP) is 6.10. The lowest BCUT2D eigenvalue weighted by molar-refractivity contribution is 0.210. The number of para-hydroxylation sites is 3. The Bertz CT molecular complexity index is 1170. The highest BCUT2D eigenvalue weighted by Crippen LogP contribution is 2.44. The highest BCUT2D eigenvalue weighted by Gasteiger charge is 2.33. The summed E-state index contributed by atoms with van der Waals surface area (Å²) in [5.74, 6) is 1.13. The maximum Gasteiger partial charge on any atom is 0.148 e. The zero-order valence-corrected chi connectivity index (χ0v) is 15.9. The number of hydrogen-bond donors (Lipinski definition) is 0. The number of imidazole rings is 1. The number of nitrogens with zero attached hydrogens (tertiary/aromatic N) is 3. The van der Waals surface area contributed by atoms with Crippen LogP contribution in [-0.4, -0.2) is 14.4 Å². The standard InChI is InChI=1S/C24H25N3/c1-3-24(14-8-9-17(2)15-24)16-22-25-19-11-5-4-10-18(19)23-26-20-12-6-7-13-21(20)27(22)23/h4-7,10-13H,2-3,8-9,14-16H2,1H3. The third kappa shape index (κ3) is 2.64. The van der Waals surface area contributed by atoms with Crippen LogP contribution in [-0.2, 0) is 6.42 Å². The number of hydrogen-bond acceptors (Lipinski definition) is 2. The molecule has 3 heteroatoms. The third-order valence-corrected chi connectivity index (χ3v) is 6.36. The molecule has 1 aliphatic rings. The van der Waals surface area contributed by atoms with Crippen LogP contribution in [0.15, 0.2) is 60.7 Å². The molecular weight excluding hydrogens is 330 g/mol. The van der Waals surface area contributed by atoms with E-state index >= 15 is 0 Å². The zero-order valence-electron chi connectivity index (χ0n) is 15.9. The molecular formula is C24H25N3. The van der Waals surface area contributed by atoms with Gasteiger partial charge in [-0.25, -0.2) is 9.97 Å². The minimum Gasteiger partial charge on any atom is -0.280 e. The molecule has 1 saturated carbocycles. The number of aromatic nitrogens is 3. The van der Waals surface area contributed by atoms with Gasteiger partial charge in [0.15, 0.2) is 0 Å². The summed E-state index contributed by atoms with van der Waals surface area (Å²) >= 11 is 0. The van der Waals surface area contributed by atoms with Crippen molar-refractivity contribution in [1.82, 2.24) is 14.4 Å². The first-order valence-corrected chi connectivity index (χ1v) is 10.0. The van der Waals surface area contributed by atoms with Crippen LogP contribution in [0.3, 0.4) is 0 Å². The number of rotatable bonds is 3. The average Bonchev–Trinajstić information content (AvgIpc) is 3.08. The summed E-state index contributed by atoms with van der Waals surface area (Å²) in [6.07, 6.45) is 6.93. The van der Waals surface area contributed by atoms with Crippen LogP contribution in [0.1, 0.15) is 44.9 Å². The maximum absolute atomic E-state index is 5.13. The van der Waals surface area contributed by atoms with Crippen molar-refractivity contribution in [2.45, 2.75) is 45.4 Å². The molecule has 0 radical (unpaired) electrons. The first-order chi connectivity index (χ1) is 13.2. The first kappa shape index (κ1) is 16.5. The molecule has 2 aromatic carbocycles. The Balaban J connectivity index is 1.78. The minimum absolute atomic E-state index is 0.267. The highest BCUT2D eigenvalue weighted by molar-refractivity contribution is 5.96. The molecule has 0 amide bonds. The van der Waals surface area contributed by atoms with E-state index in [1.807, 2.05) is 0 Å². The van der Waals surface area contributed by atoms with E-state index in [1.165, 1.54) is 24.8 Å². The summed E-state index contributed by atoms with van der Waals surface area (Å²) in [5, 5.41) is 1.12. The van der Waals surface area contributed by atoms with Gasteiger partial charge in [0, 0.05) is 11.8 Å². The van der Waals surface area contributed by atoms with Crippen LogP contribution in [0.25, 0.3) is 27.6 Å². The van der Waals surface area contributed by atoms with Crippen LogP contribution in [0, 0.1) is 5.41 Å². The van der Waals surface area contributed by atoms with Gasteiger partial charge in [-0.2, -0.15) is 0 Å². The van der Waals surface area contributed by atoms with E-state index < -0.39 is 0 Å². The van der Waals surface area contributed by atoms with Crippen molar-refractivity contribution in [3.8, 4) is 0 Å². The Morgan fingerprint density at radius 2 is 1.81 bits per heavy atom. The Kier molecular flexibility index (Phi) is 3.78. The molecule has 4 aromatic rings. The smallest absolute Gasteiger partial charge is 0.148 e. The summed E-state index contributed by atoms with van der Waals surface area (Å²) in [6.45, 7) is 6.63. The molecule has 1 unspecified atom stereocenters. The third-order valence-electron chi connectivity index (χ3n) is 6.36. The SMILES string of the molecule is C=C1CCCC(CC)(Cc2nc3ccccc3c3nc4ccccc4n23)C1. The quantitative estimate of drug-likeness (QED) is 0.415. The van der Waals surface area contributed by atoms with Gasteiger partial charge in [0.05, 0.1) is 16.6 Å². The van der Waals surface area contributed by atoms with Crippen LogP contribution >= 0.6 is 0 Å². The molecule has 0 aliphatic heterocycles. The van der Waals surface area contributed by atoms with Gasteiger partial charge >= 0.3 is 0 Å². The monoisotopic (exact) mass is 355 g/mol. The number of allylic oxidation sites excluding steroid dienone is 1. The molecule has 0 saturated heterocycles. The average molecular weight is 355 g/mol. The molecule has 0 N–H and O–H groups in total. The molecule has 136 valence electrons. The molecule has 5 rings (SSSR count). The Labute approximate surface area is 159 Å². The van der Waals surface area contributed by atoms with Gasteiger partial charge < -0.3 is 0 Å². The molecule has 2 heterocycles. The largest absolute Gasteiger partial charge is 0.280 e. The van der Waals surface area contributed by atoms with Crippen molar-refractivity contribution in [2.75, 3.05) is 0 Å². The Hall–Kier alpha value is -2.68. The summed E-state index contributed by atoms with van der Waals surface area (Å²) in [7, 11) is 0. The molecule has 1 fully saturated rings. The van der Waals surface area contributed by atoms with E-state index in [0.29, 0.717) is 0 Å². The van der Waals surface area contributed by atoms with Crippen LogP contribution < -0.4 is 0 Å². The zero-order chi connectivity index (χ0) is 18.4. The fourth-order valence-corrected chi connectivity index (χ4v) is 4.87. The van der Waals surface area contributed by atoms with E-state index in [9.17, 15) is 0 Å². The van der Waals surface area contributed by atoms with E-state index in [1.54, 1.807) is 0 Å². The van der Waals surface area contributed by atoms with E-state index in [2.05, 4.69) is 66.4 Å². The summed E-state index contributed by atoms with van der Waals surface area (Å²) in [5.41, 5.74) is 5.92. The van der Waals surface area contributed by atoms with Gasteiger partial charge in [-0.1, -0.05) is 43.3 Å². The maximum atomic E-state index is 5.13. The molecule has 0 spiro atoms. The molecule has 2 aromatic heterocycles. The summed E-state index contributed by atoms with van der Waals surface area (Å²) < 4.78 is 2.30. The normalized spacial score (nSPS) is 20.7. The second kappa shape index (κ2) is 6.19. The van der Waals surface area contributed by atoms with Gasteiger partial charge in [-0.15, -0.1) is 0 Å². The van der Waals surface area contributed by atoms with Crippen molar-refractivity contribution in [2.24, 2.45) is 5.41 Å².